The molecule has 9 heteroatoms. The lowest BCUT2D eigenvalue weighted by molar-refractivity contribution is 0.0824. The van der Waals surface area contributed by atoms with Crippen LogP contribution < -0.4 is 11.1 Å². The minimum absolute atomic E-state index is 0.0808. The SMILES string of the molecule is CN(C)C(=O)c1c(N)ccc(-c2cnc(NCC3CCC(n4cccn4)C3)cc2Cl)c1F. The first-order valence-corrected chi connectivity index (χ1v) is 10.9. The van der Waals surface area contributed by atoms with Gasteiger partial charge in [0.2, 0.25) is 0 Å². The molecule has 1 aliphatic carbocycles. The average molecular weight is 457 g/mol. The molecule has 0 spiro atoms. The van der Waals surface area contributed by atoms with Crippen molar-refractivity contribution in [3.05, 3.63) is 59.3 Å². The van der Waals surface area contributed by atoms with Gasteiger partial charge in [0.15, 0.2) is 0 Å². The molecule has 2 unspecified atom stereocenters. The number of benzene rings is 1. The van der Waals surface area contributed by atoms with E-state index in [-0.39, 0.29) is 16.8 Å². The predicted octanol–water partition coefficient (Wildman–Crippen LogP) is 4.47. The number of hydrogen-bond acceptors (Lipinski definition) is 5. The van der Waals surface area contributed by atoms with Gasteiger partial charge in [-0.25, -0.2) is 9.37 Å². The van der Waals surface area contributed by atoms with Gasteiger partial charge in [-0.2, -0.15) is 5.10 Å². The molecule has 1 saturated carbocycles. The Morgan fingerprint density at radius 1 is 1.34 bits per heavy atom. The second-order valence-electron chi connectivity index (χ2n) is 8.34. The maximum Gasteiger partial charge on any atom is 0.258 e. The molecule has 1 amide bonds. The van der Waals surface area contributed by atoms with E-state index in [1.807, 2.05) is 23.1 Å². The van der Waals surface area contributed by atoms with Crippen molar-refractivity contribution in [3.8, 4) is 11.1 Å². The van der Waals surface area contributed by atoms with Gasteiger partial charge in [-0.1, -0.05) is 11.6 Å². The fourth-order valence-corrected chi connectivity index (χ4v) is 4.44. The van der Waals surface area contributed by atoms with Gasteiger partial charge in [0, 0.05) is 56.0 Å². The van der Waals surface area contributed by atoms with Crippen molar-refractivity contribution in [2.24, 2.45) is 5.92 Å². The molecule has 3 aromatic rings. The highest BCUT2D eigenvalue weighted by Crippen LogP contribution is 2.36. The summed E-state index contributed by atoms with van der Waals surface area (Å²) < 4.78 is 17.2. The summed E-state index contributed by atoms with van der Waals surface area (Å²) in [6.45, 7) is 0.776. The van der Waals surface area contributed by atoms with Crippen molar-refractivity contribution >= 4 is 29.0 Å². The predicted molar refractivity (Wildman–Crippen MR) is 124 cm³/mol. The molecule has 7 nitrogen and oxygen atoms in total. The molecule has 168 valence electrons. The standard InChI is InChI=1S/C23H26ClFN6O/c1-30(2)23(32)21-19(26)7-6-16(22(21)25)17-13-28-20(11-18(17)24)27-12-14-4-5-15(10-14)31-9-3-8-29-31/h3,6-9,11,13-15H,4-5,10,12,26H2,1-2H3,(H,27,28). The molecule has 2 aromatic heterocycles. The second kappa shape index (κ2) is 9.16. The van der Waals surface area contributed by atoms with E-state index in [1.165, 1.54) is 23.2 Å². The molecule has 0 radical (unpaired) electrons. The molecule has 4 rings (SSSR count). The normalized spacial score (nSPS) is 18.0. The number of rotatable bonds is 6. The summed E-state index contributed by atoms with van der Waals surface area (Å²) in [5, 5.41) is 8.03. The third-order valence-corrected chi connectivity index (χ3v) is 6.23. The van der Waals surface area contributed by atoms with Crippen LogP contribution in [0.4, 0.5) is 15.9 Å². The minimum Gasteiger partial charge on any atom is -0.398 e. The first-order valence-electron chi connectivity index (χ1n) is 10.5. The van der Waals surface area contributed by atoms with Gasteiger partial charge in [-0.05, 0) is 49.4 Å². The van der Waals surface area contributed by atoms with Crippen LogP contribution in [0.5, 0.6) is 0 Å². The Kier molecular flexibility index (Phi) is 6.32. The van der Waals surface area contributed by atoms with E-state index in [4.69, 9.17) is 17.3 Å². The Balaban J connectivity index is 1.47. The van der Waals surface area contributed by atoms with Gasteiger partial charge < -0.3 is 16.0 Å². The Labute approximate surface area is 191 Å². The summed E-state index contributed by atoms with van der Waals surface area (Å²) in [7, 11) is 3.09. The molecule has 0 aliphatic heterocycles. The van der Waals surface area contributed by atoms with Crippen LogP contribution in [0.3, 0.4) is 0 Å². The molecule has 0 bridgehead atoms. The second-order valence-corrected chi connectivity index (χ2v) is 8.75. The topological polar surface area (TPSA) is 89.1 Å². The average Bonchev–Trinajstić information content (AvgIpc) is 3.45. The molecule has 0 saturated heterocycles. The number of amides is 1. The van der Waals surface area contributed by atoms with Crippen LogP contribution in [-0.2, 0) is 0 Å². The number of pyridine rings is 1. The molecule has 1 aromatic carbocycles. The van der Waals surface area contributed by atoms with Crippen LogP contribution in [0.2, 0.25) is 5.02 Å². The number of halogens is 2. The van der Waals surface area contributed by atoms with Gasteiger partial charge in [-0.15, -0.1) is 0 Å². The van der Waals surface area contributed by atoms with E-state index in [9.17, 15) is 4.79 Å². The highest BCUT2D eigenvalue weighted by atomic mass is 35.5. The Morgan fingerprint density at radius 2 is 2.16 bits per heavy atom. The molecular formula is C23H26ClFN6O. The number of anilines is 2. The summed E-state index contributed by atoms with van der Waals surface area (Å²) in [4.78, 5) is 18.1. The quantitative estimate of drug-likeness (QED) is 0.534. The first-order chi connectivity index (χ1) is 15.3. The summed E-state index contributed by atoms with van der Waals surface area (Å²) >= 11 is 6.47. The largest absolute Gasteiger partial charge is 0.398 e. The summed E-state index contributed by atoms with van der Waals surface area (Å²) in [5.74, 6) is -0.0711. The summed E-state index contributed by atoms with van der Waals surface area (Å²) in [6.07, 6.45) is 8.61. The Hall–Kier alpha value is -3.13. The zero-order chi connectivity index (χ0) is 22.8. The number of hydrogen-bond donors (Lipinski definition) is 2. The minimum atomic E-state index is -0.705. The third kappa shape index (κ3) is 4.41. The zero-order valence-electron chi connectivity index (χ0n) is 18.1. The number of nitrogens with one attached hydrogen (secondary N) is 1. The van der Waals surface area contributed by atoms with Gasteiger partial charge in [0.1, 0.15) is 11.6 Å². The van der Waals surface area contributed by atoms with Crippen LogP contribution in [0.25, 0.3) is 11.1 Å². The van der Waals surface area contributed by atoms with Gasteiger partial charge in [0.25, 0.3) is 5.91 Å². The van der Waals surface area contributed by atoms with Crippen LogP contribution in [0.15, 0.2) is 42.9 Å². The van der Waals surface area contributed by atoms with E-state index in [0.29, 0.717) is 28.4 Å². The first kappa shape index (κ1) is 22.1. The lowest BCUT2D eigenvalue weighted by atomic mass is 10.0. The lowest BCUT2D eigenvalue weighted by Crippen LogP contribution is -2.24. The van der Waals surface area contributed by atoms with Crippen LogP contribution in [0, 0.1) is 11.7 Å². The van der Waals surface area contributed by atoms with Crippen LogP contribution in [0.1, 0.15) is 35.7 Å². The number of carbonyl (C=O) groups excluding carboxylic acids is 1. The fourth-order valence-electron chi connectivity index (χ4n) is 4.19. The van der Waals surface area contributed by atoms with Gasteiger partial charge in [-0.3, -0.25) is 9.48 Å². The monoisotopic (exact) mass is 456 g/mol. The zero-order valence-corrected chi connectivity index (χ0v) is 18.8. The molecule has 1 aliphatic rings. The lowest BCUT2D eigenvalue weighted by Gasteiger charge is -2.16. The molecule has 32 heavy (non-hydrogen) atoms. The molecule has 2 atom stereocenters. The van der Waals surface area contributed by atoms with Crippen molar-refractivity contribution in [1.29, 1.82) is 0 Å². The van der Waals surface area contributed by atoms with Gasteiger partial charge in [0.05, 0.1) is 16.6 Å². The van der Waals surface area contributed by atoms with E-state index >= 15 is 4.39 Å². The Bertz CT molecular complexity index is 1120. The maximum absolute atomic E-state index is 15.2. The highest BCUT2D eigenvalue weighted by molar-refractivity contribution is 6.33. The molecule has 1 fully saturated rings. The van der Waals surface area contributed by atoms with Crippen molar-refractivity contribution in [3.63, 3.8) is 0 Å². The van der Waals surface area contributed by atoms with E-state index < -0.39 is 11.7 Å². The van der Waals surface area contributed by atoms with Crippen molar-refractivity contribution in [1.82, 2.24) is 19.7 Å². The van der Waals surface area contributed by atoms with Crippen molar-refractivity contribution in [2.75, 3.05) is 31.7 Å². The number of carbonyl (C=O) groups is 1. The molecular weight excluding hydrogens is 431 g/mol. The summed E-state index contributed by atoms with van der Waals surface area (Å²) in [6, 6.07) is 7.08. The van der Waals surface area contributed by atoms with Gasteiger partial charge >= 0.3 is 0 Å². The number of aromatic nitrogens is 3. The van der Waals surface area contributed by atoms with E-state index in [2.05, 4.69) is 15.4 Å². The summed E-state index contributed by atoms with van der Waals surface area (Å²) in [5.41, 5.74) is 6.36. The smallest absolute Gasteiger partial charge is 0.258 e. The van der Waals surface area contributed by atoms with Crippen molar-refractivity contribution < 1.29 is 9.18 Å². The van der Waals surface area contributed by atoms with E-state index in [1.54, 1.807) is 20.2 Å². The highest BCUT2D eigenvalue weighted by Gasteiger charge is 2.26. The van der Waals surface area contributed by atoms with Crippen LogP contribution >= 0.6 is 11.6 Å². The number of nitrogen functional groups attached to an aromatic ring is 1. The van der Waals surface area contributed by atoms with E-state index in [0.717, 1.165) is 25.8 Å². The van der Waals surface area contributed by atoms with Crippen molar-refractivity contribution in [2.45, 2.75) is 25.3 Å². The molecule has 3 N–H and O–H groups in total. The molecule has 2 heterocycles. The van der Waals surface area contributed by atoms with Crippen LogP contribution in [-0.4, -0.2) is 46.2 Å². The Morgan fingerprint density at radius 3 is 2.84 bits per heavy atom. The maximum atomic E-state index is 15.2. The third-order valence-electron chi connectivity index (χ3n) is 5.92. The number of nitrogens with two attached hydrogens (primary N) is 1. The number of nitrogens with zero attached hydrogens (tertiary/aromatic N) is 4. The fraction of sp³-hybridized carbons (Fsp3) is 0.348.